The second kappa shape index (κ2) is 10.5. The van der Waals surface area contributed by atoms with Crippen molar-refractivity contribution in [3.05, 3.63) is 95.7 Å². The molecule has 0 fully saturated rings. The minimum absolute atomic E-state index is 0.234. The molecular weight excluding hydrogens is 412 g/mol. The van der Waals surface area contributed by atoms with Gasteiger partial charge in [0.2, 0.25) is 5.96 Å². The standard InChI is InChI=1S/C27H28N4O2/c1-3-19-7-6-8-22(17-19)30-27(31-26(32)20-11-13-23(33-2)14-12-20)28-16-15-21-18-29-25-10-5-4-9-24(21)25/h4-14,17-18,29H,3,15-16H2,1-2H3,(H2,28,30,31,32). The summed E-state index contributed by atoms with van der Waals surface area (Å²) in [5.74, 6) is 0.889. The van der Waals surface area contributed by atoms with Gasteiger partial charge >= 0.3 is 0 Å². The number of guanidine groups is 1. The molecule has 0 unspecified atom stereocenters. The monoisotopic (exact) mass is 440 g/mol. The van der Waals surface area contributed by atoms with E-state index < -0.39 is 0 Å². The summed E-state index contributed by atoms with van der Waals surface area (Å²) in [6, 6.07) is 23.3. The number of aromatic amines is 1. The number of amides is 1. The van der Waals surface area contributed by atoms with Crippen molar-refractivity contribution in [1.82, 2.24) is 10.3 Å². The third kappa shape index (κ3) is 5.60. The fourth-order valence-electron chi connectivity index (χ4n) is 3.66. The van der Waals surface area contributed by atoms with Crippen molar-refractivity contribution >= 4 is 28.5 Å². The fourth-order valence-corrected chi connectivity index (χ4v) is 3.66. The van der Waals surface area contributed by atoms with Gasteiger partial charge in [-0.1, -0.05) is 37.3 Å². The molecule has 0 saturated carbocycles. The highest BCUT2D eigenvalue weighted by atomic mass is 16.5. The van der Waals surface area contributed by atoms with Crippen LogP contribution in [0.25, 0.3) is 10.9 Å². The molecule has 6 nitrogen and oxygen atoms in total. The number of H-pyrrole nitrogens is 1. The second-order valence-electron chi connectivity index (χ2n) is 7.70. The Balaban J connectivity index is 1.52. The summed E-state index contributed by atoms with van der Waals surface area (Å²) in [5.41, 5.74) is 4.93. The van der Waals surface area contributed by atoms with Gasteiger partial charge in [-0.05, 0) is 66.4 Å². The zero-order valence-electron chi connectivity index (χ0n) is 18.9. The van der Waals surface area contributed by atoms with Gasteiger partial charge in [-0.3, -0.25) is 15.1 Å². The van der Waals surface area contributed by atoms with E-state index >= 15 is 0 Å². The number of carbonyl (C=O) groups excluding carboxylic acids is 1. The number of para-hydroxylation sites is 1. The molecule has 0 aliphatic carbocycles. The van der Waals surface area contributed by atoms with Gasteiger partial charge in [0.1, 0.15) is 5.75 Å². The first-order valence-corrected chi connectivity index (χ1v) is 11.1. The Bertz CT molecular complexity index is 1260. The van der Waals surface area contributed by atoms with E-state index in [0.29, 0.717) is 23.8 Å². The van der Waals surface area contributed by atoms with Gasteiger partial charge in [-0.2, -0.15) is 0 Å². The molecule has 0 atom stereocenters. The van der Waals surface area contributed by atoms with E-state index in [1.165, 1.54) is 16.5 Å². The lowest BCUT2D eigenvalue weighted by atomic mass is 10.1. The number of aliphatic imine (C=N–C) groups is 1. The van der Waals surface area contributed by atoms with E-state index in [-0.39, 0.29) is 5.91 Å². The number of anilines is 1. The first-order chi connectivity index (χ1) is 16.2. The normalized spacial score (nSPS) is 11.4. The number of carbonyl (C=O) groups is 1. The minimum Gasteiger partial charge on any atom is -0.497 e. The Kier molecular flexibility index (Phi) is 7.05. The lowest BCUT2D eigenvalue weighted by Gasteiger charge is -2.13. The van der Waals surface area contributed by atoms with Gasteiger partial charge in [0, 0.05) is 34.9 Å². The lowest BCUT2D eigenvalue weighted by Crippen LogP contribution is -2.36. The zero-order chi connectivity index (χ0) is 23.0. The summed E-state index contributed by atoms with van der Waals surface area (Å²) in [6.07, 6.45) is 3.71. The SMILES string of the molecule is CCc1cccc(NC(=NCCc2c[nH]c3ccccc23)NC(=O)c2ccc(OC)cc2)c1. The van der Waals surface area contributed by atoms with Gasteiger partial charge in [0.25, 0.3) is 5.91 Å². The number of hydrogen-bond donors (Lipinski definition) is 3. The number of methoxy groups -OCH3 is 1. The molecule has 3 N–H and O–H groups in total. The van der Waals surface area contributed by atoms with Crippen molar-refractivity contribution in [2.75, 3.05) is 19.0 Å². The zero-order valence-corrected chi connectivity index (χ0v) is 18.9. The van der Waals surface area contributed by atoms with Gasteiger partial charge < -0.3 is 15.0 Å². The van der Waals surface area contributed by atoms with Crippen LogP contribution < -0.4 is 15.4 Å². The van der Waals surface area contributed by atoms with Crippen LogP contribution in [0, 0.1) is 0 Å². The lowest BCUT2D eigenvalue weighted by molar-refractivity contribution is 0.0977. The molecule has 33 heavy (non-hydrogen) atoms. The summed E-state index contributed by atoms with van der Waals surface area (Å²) >= 11 is 0. The largest absolute Gasteiger partial charge is 0.497 e. The third-order valence-corrected chi connectivity index (χ3v) is 5.51. The Morgan fingerprint density at radius 3 is 2.64 bits per heavy atom. The highest BCUT2D eigenvalue weighted by Gasteiger charge is 2.10. The Hall–Kier alpha value is -4.06. The topological polar surface area (TPSA) is 78.5 Å². The van der Waals surface area contributed by atoms with E-state index in [9.17, 15) is 4.79 Å². The molecule has 0 bridgehead atoms. The van der Waals surface area contributed by atoms with Gasteiger partial charge in [-0.25, -0.2) is 0 Å². The number of hydrogen-bond acceptors (Lipinski definition) is 3. The molecule has 1 aromatic heterocycles. The molecule has 3 aromatic carbocycles. The van der Waals surface area contributed by atoms with Crippen LogP contribution >= 0.6 is 0 Å². The molecule has 4 rings (SSSR count). The van der Waals surface area contributed by atoms with E-state index in [1.54, 1.807) is 31.4 Å². The third-order valence-electron chi connectivity index (χ3n) is 5.51. The van der Waals surface area contributed by atoms with Crippen molar-refractivity contribution in [2.45, 2.75) is 19.8 Å². The van der Waals surface area contributed by atoms with Gasteiger partial charge in [-0.15, -0.1) is 0 Å². The molecule has 4 aromatic rings. The number of benzene rings is 3. The summed E-state index contributed by atoms with van der Waals surface area (Å²) < 4.78 is 5.18. The van der Waals surface area contributed by atoms with Crippen LogP contribution in [0.4, 0.5) is 5.69 Å². The van der Waals surface area contributed by atoms with Crippen molar-refractivity contribution < 1.29 is 9.53 Å². The molecule has 6 heteroatoms. The van der Waals surface area contributed by atoms with Crippen molar-refractivity contribution in [3.63, 3.8) is 0 Å². The van der Waals surface area contributed by atoms with Crippen molar-refractivity contribution in [2.24, 2.45) is 4.99 Å². The van der Waals surface area contributed by atoms with Gasteiger partial charge in [0.05, 0.1) is 7.11 Å². The average molecular weight is 441 g/mol. The number of nitrogens with one attached hydrogen (secondary N) is 3. The number of nitrogens with zero attached hydrogens (tertiary/aromatic N) is 1. The Labute approximate surface area is 193 Å². The molecule has 0 radical (unpaired) electrons. The maximum Gasteiger partial charge on any atom is 0.257 e. The molecule has 0 aliphatic heterocycles. The predicted molar refractivity (Wildman–Crippen MR) is 134 cm³/mol. The van der Waals surface area contributed by atoms with Crippen LogP contribution in [-0.2, 0) is 12.8 Å². The average Bonchev–Trinajstić information content (AvgIpc) is 3.27. The summed E-state index contributed by atoms with van der Waals surface area (Å²) in [6.45, 7) is 2.64. The number of rotatable bonds is 7. The fraction of sp³-hybridized carbons (Fsp3) is 0.185. The van der Waals surface area contributed by atoms with Crippen LogP contribution in [0.2, 0.25) is 0 Å². The van der Waals surface area contributed by atoms with Crippen LogP contribution in [0.1, 0.15) is 28.4 Å². The Morgan fingerprint density at radius 1 is 1.03 bits per heavy atom. The van der Waals surface area contributed by atoms with Crippen LogP contribution in [-0.4, -0.2) is 30.5 Å². The smallest absolute Gasteiger partial charge is 0.257 e. The maximum atomic E-state index is 12.9. The van der Waals surface area contributed by atoms with Crippen LogP contribution in [0.3, 0.4) is 0 Å². The summed E-state index contributed by atoms with van der Waals surface area (Å²) in [7, 11) is 1.60. The number of fused-ring (bicyclic) bond motifs is 1. The number of ether oxygens (including phenoxy) is 1. The molecule has 0 saturated heterocycles. The first-order valence-electron chi connectivity index (χ1n) is 11.1. The summed E-state index contributed by atoms with van der Waals surface area (Å²) in [5, 5.41) is 7.40. The number of aryl methyl sites for hydroxylation is 1. The van der Waals surface area contributed by atoms with E-state index in [2.05, 4.69) is 46.8 Å². The van der Waals surface area contributed by atoms with E-state index in [1.807, 2.05) is 30.5 Å². The first kappa shape index (κ1) is 22.1. The molecular formula is C27H28N4O2. The molecule has 0 aliphatic rings. The highest BCUT2D eigenvalue weighted by molar-refractivity contribution is 6.10. The van der Waals surface area contributed by atoms with Gasteiger partial charge in [0.15, 0.2) is 0 Å². The van der Waals surface area contributed by atoms with Crippen LogP contribution in [0.15, 0.2) is 84.0 Å². The molecule has 1 amide bonds. The van der Waals surface area contributed by atoms with Crippen molar-refractivity contribution in [1.29, 1.82) is 0 Å². The summed E-state index contributed by atoms with van der Waals surface area (Å²) in [4.78, 5) is 20.8. The maximum absolute atomic E-state index is 12.9. The second-order valence-corrected chi connectivity index (χ2v) is 7.70. The quantitative estimate of drug-likeness (QED) is 0.274. The molecule has 168 valence electrons. The number of aromatic nitrogens is 1. The van der Waals surface area contributed by atoms with Crippen LogP contribution in [0.5, 0.6) is 5.75 Å². The van der Waals surface area contributed by atoms with E-state index in [0.717, 1.165) is 24.0 Å². The highest BCUT2D eigenvalue weighted by Crippen LogP contribution is 2.18. The predicted octanol–water partition coefficient (Wildman–Crippen LogP) is 5.18. The molecule has 0 spiro atoms. The van der Waals surface area contributed by atoms with E-state index in [4.69, 9.17) is 9.73 Å². The molecule has 1 heterocycles. The Morgan fingerprint density at radius 2 is 1.85 bits per heavy atom. The minimum atomic E-state index is -0.234. The van der Waals surface area contributed by atoms with Crippen molar-refractivity contribution in [3.8, 4) is 5.75 Å².